The van der Waals surface area contributed by atoms with Crippen molar-refractivity contribution >= 4 is 29.0 Å². The summed E-state index contributed by atoms with van der Waals surface area (Å²) in [7, 11) is 0. The summed E-state index contributed by atoms with van der Waals surface area (Å²) in [5.41, 5.74) is 3.07. The molecule has 0 unspecified atom stereocenters. The lowest BCUT2D eigenvalue weighted by Gasteiger charge is -2.31. The summed E-state index contributed by atoms with van der Waals surface area (Å²) in [6.45, 7) is 2.11. The zero-order chi connectivity index (χ0) is 16.9. The Morgan fingerprint density at radius 2 is 1.71 bits per heavy atom. The molecule has 0 aliphatic carbocycles. The molecule has 0 saturated carbocycles. The zero-order valence-corrected chi connectivity index (χ0v) is 14.1. The van der Waals surface area contributed by atoms with Gasteiger partial charge in [-0.25, -0.2) is 4.79 Å². The summed E-state index contributed by atoms with van der Waals surface area (Å²) in [6, 6.07) is 19.1. The minimum Gasteiger partial charge on any atom is -0.463 e. The molecule has 0 fully saturated rings. The van der Waals surface area contributed by atoms with Crippen molar-refractivity contribution in [1.82, 2.24) is 10.6 Å². The highest BCUT2D eigenvalue weighted by molar-refractivity contribution is 7.80. The van der Waals surface area contributed by atoms with Crippen molar-refractivity contribution in [3.8, 4) is 0 Å². The first kappa shape index (κ1) is 16.2. The van der Waals surface area contributed by atoms with Crippen LogP contribution in [0.5, 0.6) is 0 Å². The smallest absolute Gasteiger partial charge is 0.338 e. The first-order valence-corrected chi connectivity index (χ1v) is 8.20. The van der Waals surface area contributed by atoms with E-state index < -0.39 is 0 Å². The van der Waals surface area contributed by atoms with Crippen molar-refractivity contribution in [3.63, 3.8) is 0 Å². The molecule has 1 aliphatic heterocycles. The molecule has 1 atom stereocenters. The van der Waals surface area contributed by atoms with Crippen LogP contribution in [-0.4, -0.2) is 17.7 Å². The fourth-order valence-electron chi connectivity index (χ4n) is 2.72. The predicted octanol–water partition coefficient (Wildman–Crippen LogP) is 3.18. The summed E-state index contributed by atoms with van der Waals surface area (Å²) in [5, 5.41) is 6.79. The Hall–Kier alpha value is -2.66. The average Bonchev–Trinajstić information content (AvgIpc) is 2.62. The molecule has 0 radical (unpaired) electrons. The van der Waals surface area contributed by atoms with Gasteiger partial charge < -0.3 is 15.4 Å². The van der Waals surface area contributed by atoms with E-state index in [1.807, 2.05) is 60.7 Å². The second-order valence-corrected chi connectivity index (χ2v) is 5.73. The lowest BCUT2D eigenvalue weighted by Crippen LogP contribution is -2.45. The molecule has 1 heterocycles. The fraction of sp³-hybridized carbons (Fsp3) is 0.158. The van der Waals surface area contributed by atoms with Crippen molar-refractivity contribution in [3.05, 3.63) is 77.4 Å². The monoisotopic (exact) mass is 338 g/mol. The van der Waals surface area contributed by atoms with Crippen LogP contribution in [0.2, 0.25) is 0 Å². The highest BCUT2D eigenvalue weighted by Crippen LogP contribution is 2.31. The van der Waals surface area contributed by atoms with Crippen molar-refractivity contribution < 1.29 is 9.53 Å². The van der Waals surface area contributed by atoms with Gasteiger partial charge in [-0.1, -0.05) is 60.7 Å². The number of ether oxygens (including phenoxy) is 1. The van der Waals surface area contributed by atoms with E-state index >= 15 is 0 Å². The number of thiocarbonyl (C=S) groups is 1. The Morgan fingerprint density at radius 1 is 1.08 bits per heavy atom. The van der Waals surface area contributed by atoms with Crippen LogP contribution in [-0.2, 0) is 9.53 Å². The third kappa shape index (κ3) is 3.31. The first-order valence-electron chi connectivity index (χ1n) is 7.80. The minimum absolute atomic E-state index is 0.316. The van der Waals surface area contributed by atoms with E-state index in [1.165, 1.54) is 0 Å². The molecular weight excluding hydrogens is 320 g/mol. The van der Waals surface area contributed by atoms with E-state index in [-0.39, 0.29) is 12.0 Å². The molecule has 4 nitrogen and oxygen atoms in total. The van der Waals surface area contributed by atoms with E-state index in [9.17, 15) is 4.79 Å². The molecule has 24 heavy (non-hydrogen) atoms. The summed E-state index contributed by atoms with van der Waals surface area (Å²) in [6.07, 6.45) is 0. The summed E-state index contributed by atoms with van der Waals surface area (Å²) in [4.78, 5) is 12.7. The van der Waals surface area contributed by atoms with Crippen LogP contribution in [0.4, 0.5) is 0 Å². The normalized spacial score (nSPS) is 17.0. The van der Waals surface area contributed by atoms with E-state index in [2.05, 4.69) is 10.6 Å². The molecule has 0 aromatic heterocycles. The lowest BCUT2D eigenvalue weighted by molar-refractivity contribution is -0.138. The van der Waals surface area contributed by atoms with Crippen LogP contribution >= 0.6 is 12.2 Å². The van der Waals surface area contributed by atoms with Gasteiger partial charge in [0.25, 0.3) is 0 Å². The topological polar surface area (TPSA) is 50.4 Å². The second-order valence-electron chi connectivity index (χ2n) is 5.32. The molecule has 0 bridgehead atoms. The number of hydrogen-bond acceptors (Lipinski definition) is 3. The largest absolute Gasteiger partial charge is 0.463 e. The van der Waals surface area contributed by atoms with Gasteiger partial charge in [-0.2, -0.15) is 0 Å². The van der Waals surface area contributed by atoms with Crippen LogP contribution in [0.15, 0.2) is 66.2 Å². The maximum Gasteiger partial charge on any atom is 0.338 e. The summed E-state index contributed by atoms with van der Waals surface area (Å²) >= 11 is 5.36. The van der Waals surface area contributed by atoms with Gasteiger partial charge in [-0.05, 0) is 30.3 Å². The van der Waals surface area contributed by atoms with Crippen LogP contribution < -0.4 is 10.6 Å². The van der Waals surface area contributed by atoms with Crippen molar-refractivity contribution in [2.75, 3.05) is 6.61 Å². The lowest BCUT2D eigenvalue weighted by atomic mass is 9.93. The Labute approximate surface area is 146 Å². The molecular formula is C19H18N2O2S. The van der Waals surface area contributed by atoms with Gasteiger partial charge in [0.1, 0.15) is 0 Å². The SMILES string of the molecule is CCOC(=O)C1=C(c2ccccc2)NC(=S)N[C@H]1c1ccccc1. The van der Waals surface area contributed by atoms with Gasteiger partial charge >= 0.3 is 5.97 Å². The maximum atomic E-state index is 12.7. The molecule has 1 aliphatic rings. The van der Waals surface area contributed by atoms with Gasteiger partial charge in [-0.3, -0.25) is 0 Å². The van der Waals surface area contributed by atoms with Crippen molar-refractivity contribution in [2.24, 2.45) is 0 Å². The molecule has 122 valence electrons. The number of hydrogen-bond donors (Lipinski definition) is 2. The van der Waals surface area contributed by atoms with Gasteiger partial charge in [0, 0.05) is 0 Å². The molecule has 5 heteroatoms. The standard InChI is InChI=1S/C19H18N2O2S/c1-2-23-18(22)15-16(13-9-5-3-6-10-13)20-19(24)21-17(15)14-11-7-4-8-12-14/h3-12,16H,2H2,1H3,(H2,20,21,24)/t16-/m0/s1. The van der Waals surface area contributed by atoms with E-state index in [0.717, 1.165) is 11.1 Å². The van der Waals surface area contributed by atoms with Crippen LogP contribution in [0.1, 0.15) is 24.1 Å². The van der Waals surface area contributed by atoms with E-state index in [0.29, 0.717) is 23.0 Å². The Morgan fingerprint density at radius 3 is 2.33 bits per heavy atom. The molecule has 3 rings (SSSR count). The Bertz CT molecular complexity index is 772. The molecule has 0 saturated heterocycles. The summed E-state index contributed by atoms with van der Waals surface area (Å²) < 4.78 is 5.30. The Kier molecular flexibility index (Phi) is 4.91. The van der Waals surface area contributed by atoms with E-state index in [4.69, 9.17) is 17.0 Å². The van der Waals surface area contributed by atoms with Gasteiger partial charge in [0.15, 0.2) is 5.11 Å². The number of benzene rings is 2. The van der Waals surface area contributed by atoms with Crippen LogP contribution in [0.25, 0.3) is 5.70 Å². The van der Waals surface area contributed by atoms with Crippen LogP contribution in [0, 0.1) is 0 Å². The number of nitrogens with one attached hydrogen (secondary N) is 2. The van der Waals surface area contributed by atoms with E-state index in [1.54, 1.807) is 6.92 Å². The van der Waals surface area contributed by atoms with Crippen LogP contribution in [0.3, 0.4) is 0 Å². The molecule has 2 N–H and O–H groups in total. The third-order valence-corrected chi connectivity index (χ3v) is 3.98. The Balaban J connectivity index is 2.16. The van der Waals surface area contributed by atoms with Gasteiger partial charge in [-0.15, -0.1) is 0 Å². The molecule has 0 spiro atoms. The zero-order valence-electron chi connectivity index (χ0n) is 13.3. The average molecular weight is 338 g/mol. The molecule has 0 amide bonds. The fourth-order valence-corrected chi connectivity index (χ4v) is 2.94. The minimum atomic E-state index is -0.354. The highest BCUT2D eigenvalue weighted by atomic mass is 32.1. The van der Waals surface area contributed by atoms with Gasteiger partial charge in [0.05, 0.1) is 23.9 Å². The first-order chi connectivity index (χ1) is 11.7. The van der Waals surface area contributed by atoms with Crippen molar-refractivity contribution in [2.45, 2.75) is 13.0 Å². The number of carbonyl (C=O) groups is 1. The molecule has 2 aromatic rings. The van der Waals surface area contributed by atoms with Crippen molar-refractivity contribution in [1.29, 1.82) is 0 Å². The predicted molar refractivity (Wildman–Crippen MR) is 98.0 cm³/mol. The third-order valence-electron chi connectivity index (χ3n) is 3.76. The number of esters is 1. The summed E-state index contributed by atoms with van der Waals surface area (Å²) in [5.74, 6) is -0.354. The maximum absolute atomic E-state index is 12.7. The molecule has 2 aromatic carbocycles. The second kappa shape index (κ2) is 7.27. The number of carbonyl (C=O) groups excluding carboxylic acids is 1. The highest BCUT2D eigenvalue weighted by Gasteiger charge is 2.32. The van der Waals surface area contributed by atoms with Gasteiger partial charge in [0.2, 0.25) is 0 Å². The quantitative estimate of drug-likeness (QED) is 0.662. The number of rotatable bonds is 4.